The van der Waals surface area contributed by atoms with Crippen LogP contribution in [0.25, 0.3) is 0 Å². The quantitative estimate of drug-likeness (QED) is 0.432. The number of nitrogens with one attached hydrogen (secondary N) is 2. The summed E-state index contributed by atoms with van der Waals surface area (Å²) >= 11 is 1.53. The minimum absolute atomic E-state index is 0.00638. The van der Waals surface area contributed by atoms with Gasteiger partial charge in [-0.05, 0) is 56.4 Å². The highest BCUT2D eigenvalue weighted by atomic mass is 32.2. The standard InChI is InChI=1S/C23H24F6N2O2S/c1-13-11-14(18(22(24,25)26)23(27,28)29)9-10-17(13)30-19(32)15-7-5-6-8-16(15)20(33)31-21(2,3)12-34-4/h5-11,18H,12H2,1-4H3,(H,30,32)(H,31,33). The number of carbonyl (C=O) groups excluding carboxylic acids is 2. The van der Waals surface area contributed by atoms with Gasteiger partial charge in [-0.25, -0.2) is 0 Å². The van der Waals surface area contributed by atoms with Crippen LogP contribution in [-0.2, 0) is 0 Å². The van der Waals surface area contributed by atoms with E-state index in [9.17, 15) is 35.9 Å². The first-order chi connectivity index (χ1) is 15.6. The minimum Gasteiger partial charge on any atom is -0.346 e. The number of hydrogen-bond donors (Lipinski definition) is 2. The molecule has 0 bridgehead atoms. The molecule has 0 aliphatic heterocycles. The van der Waals surface area contributed by atoms with Crippen molar-refractivity contribution in [3.8, 4) is 0 Å². The van der Waals surface area contributed by atoms with E-state index in [1.165, 1.54) is 36.9 Å². The van der Waals surface area contributed by atoms with Crippen LogP contribution in [0, 0.1) is 6.92 Å². The Labute approximate surface area is 197 Å². The van der Waals surface area contributed by atoms with E-state index in [4.69, 9.17) is 0 Å². The number of anilines is 1. The Morgan fingerprint density at radius 3 is 1.91 bits per heavy atom. The molecule has 2 N–H and O–H groups in total. The molecule has 0 radical (unpaired) electrons. The lowest BCUT2D eigenvalue weighted by Gasteiger charge is -2.26. The lowest BCUT2D eigenvalue weighted by atomic mass is 9.95. The Morgan fingerprint density at radius 2 is 1.44 bits per heavy atom. The van der Waals surface area contributed by atoms with Gasteiger partial charge < -0.3 is 10.6 Å². The highest BCUT2D eigenvalue weighted by Crippen LogP contribution is 2.46. The van der Waals surface area contributed by atoms with Crippen LogP contribution in [0.5, 0.6) is 0 Å². The van der Waals surface area contributed by atoms with E-state index in [-0.39, 0.29) is 22.4 Å². The van der Waals surface area contributed by atoms with Gasteiger partial charge in [-0.15, -0.1) is 0 Å². The van der Waals surface area contributed by atoms with E-state index in [0.29, 0.717) is 11.8 Å². The van der Waals surface area contributed by atoms with Crippen LogP contribution in [0.2, 0.25) is 0 Å². The summed E-state index contributed by atoms with van der Waals surface area (Å²) in [6, 6.07) is 8.36. The first-order valence-electron chi connectivity index (χ1n) is 10.0. The second-order valence-electron chi connectivity index (χ2n) is 8.36. The molecule has 0 unspecified atom stereocenters. The first kappa shape index (κ1) is 27.6. The van der Waals surface area contributed by atoms with Crippen LogP contribution < -0.4 is 10.6 Å². The SMILES string of the molecule is CSCC(C)(C)NC(=O)c1ccccc1C(=O)Nc1ccc(C(C(F)(F)F)C(F)(F)F)cc1C. The van der Waals surface area contributed by atoms with Gasteiger partial charge in [-0.2, -0.15) is 38.1 Å². The van der Waals surface area contributed by atoms with Crippen molar-refractivity contribution in [3.63, 3.8) is 0 Å². The smallest absolute Gasteiger partial charge is 0.346 e. The Bertz CT molecular complexity index is 1040. The van der Waals surface area contributed by atoms with Crippen molar-refractivity contribution in [2.45, 2.75) is 44.6 Å². The number of thioether (sulfide) groups is 1. The van der Waals surface area contributed by atoms with E-state index in [1.807, 2.05) is 20.1 Å². The van der Waals surface area contributed by atoms with Crippen molar-refractivity contribution in [1.82, 2.24) is 5.32 Å². The van der Waals surface area contributed by atoms with E-state index in [0.717, 1.165) is 12.1 Å². The highest BCUT2D eigenvalue weighted by molar-refractivity contribution is 7.98. The molecule has 2 amide bonds. The molecule has 0 aromatic heterocycles. The molecular formula is C23H24F6N2O2S. The number of carbonyl (C=O) groups is 2. The van der Waals surface area contributed by atoms with E-state index >= 15 is 0 Å². The van der Waals surface area contributed by atoms with Crippen LogP contribution >= 0.6 is 11.8 Å². The van der Waals surface area contributed by atoms with Gasteiger partial charge in [-0.3, -0.25) is 9.59 Å². The van der Waals surface area contributed by atoms with Crippen molar-refractivity contribution < 1.29 is 35.9 Å². The third kappa shape index (κ3) is 6.91. The van der Waals surface area contributed by atoms with Gasteiger partial charge in [0.05, 0.1) is 11.1 Å². The van der Waals surface area contributed by atoms with Gasteiger partial charge in [0.2, 0.25) is 0 Å². The fourth-order valence-electron chi connectivity index (χ4n) is 3.41. The predicted octanol–water partition coefficient (Wildman–Crippen LogP) is 6.33. The molecule has 0 aliphatic carbocycles. The molecular weight excluding hydrogens is 482 g/mol. The number of aryl methyl sites for hydroxylation is 1. The molecule has 2 rings (SSSR count). The van der Waals surface area contributed by atoms with Crippen LogP contribution in [0.4, 0.5) is 32.0 Å². The van der Waals surface area contributed by atoms with Crippen molar-refractivity contribution in [3.05, 3.63) is 64.7 Å². The van der Waals surface area contributed by atoms with Gasteiger partial charge >= 0.3 is 12.4 Å². The number of rotatable bonds is 7. The van der Waals surface area contributed by atoms with E-state index in [2.05, 4.69) is 10.6 Å². The topological polar surface area (TPSA) is 58.2 Å². The Balaban J connectivity index is 2.32. The molecule has 0 saturated carbocycles. The molecule has 0 heterocycles. The number of halogens is 6. The van der Waals surface area contributed by atoms with Gasteiger partial charge in [0.15, 0.2) is 5.92 Å². The lowest BCUT2D eigenvalue weighted by Crippen LogP contribution is -2.45. The summed E-state index contributed by atoms with van der Waals surface area (Å²) in [4.78, 5) is 25.6. The fraction of sp³-hybridized carbons (Fsp3) is 0.391. The molecule has 186 valence electrons. The van der Waals surface area contributed by atoms with Gasteiger partial charge in [0.1, 0.15) is 0 Å². The highest BCUT2D eigenvalue weighted by Gasteiger charge is 2.57. The summed E-state index contributed by atoms with van der Waals surface area (Å²) in [6.07, 6.45) is -9.16. The lowest BCUT2D eigenvalue weighted by molar-refractivity contribution is -0.253. The third-order valence-corrected chi connectivity index (χ3v) is 5.87. The molecule has 4 nitrogen and oxygen atoms in total. The minimum atomic E-state index is -5.52. The first-order valence-corrected chi connectivity index (χ1v) is 11.4. The number of amides is 2. The third-order valence-electron chi connectivity index (χ3n) is 4.86. The normalized spacial score (nSPS) is 12.6. The van der Waals surface area contributed by atoms with Crippen LogP contribution in [0.1, 0.15) is 51.6 Å². The maximum atomic E-state index is 13.0. The molecule has 2 aromatic carbocycles. The largest absolute Gasteiger partial charge is 0.404 e. The summed E-state index contributed by atoms with van der Waals surface area (Å²) in [7, 11) is 0. The number of benzene rings is 2. The van der Waals surface area contributed by atoms with E-state index < -0.39 is 41.2 Å². The van der Waals surface area contributed by atoms with Crippen LogP contribution in [-0.4, -0.2) is 41.7 Å². The summed E-state index contributed by atoms with van der Waals surface area (Å²) in [6.45, 7) is 4.93. The Morgan fingerprint density at radius 1 is 0.912 bits per heavy atom. The fourth-order valence-corrected chi connectivity index (χ4v) is 4.20. The molecule has 0 aliphatic rings. The Hall–Kier alpha value is -2.69. The maximum Gasteiger partial charge on any atom is 0.404 e. The Kier molecular flexibility index (Phi) is 8.34. The van der Waals surface area contributed by atoms with Gasteiger partial charge in [-0.1, -0.05) is 24.3 Å². The predicted molar refractivity (Wildman–Crippen MR) is 120 cm³/mol. The molecule has 2 aromatic rings. The zero-order valence-corrected chi connectivity index (χ0v) is 19.6. The zero-order valence-electron chi connectivity index (χ0n) is 18.8. The second kappa shape index (κ2) is 10.3. The molecule has 34 heavy (non-hydrogen) atoms. The summed E-state index contributed by atoms with van der Waals surface area (Å²) in [5, 5.41) is 5.31. The average molecular weight is 507 g/mol. The molecule has 0 saturated heterocycles. The van der Waals surface area contributed by atoms with Gasteiger partial charge in [0, 0.05) is 17.0 Å². The second-order valence-corrected chi connectivity index (χ2v) is 9.23. The van der Waals surface area contributed by atoms with Crippen molar-refractivity contribution in [2.24, 2.45) is 0 Å². The number of hydrogen-bond acceptors (Lipinski definition) is 3. The van der Waals surface area contributed by atoms with Crippen molar-refractivity contribution in [1.29, 1.82) is 0 Å². The van der Waals surface area contributed by atoms with Crippen molar-refractivity contribution in [2.75, 3.05) is 17.3 Å². The molecule has 0 fully saturated rings. The van der Waals surface area contributed by atoms with Crippen LogP contribution in [0.15, 0.2) is 42.5 Å². The summed E-state index contributed by atoms with van der Waals surface area (Å²) < 4.78 is 78.1. The number of alkyl halides is 6. The molecule has 0 spiro atoms. The maximum absolute atomic E-state index is 13.0. The summed E-state index contributed by atoms with van der Waals surface area (Å²) in [5.41, 5.74) is -1.42. The zero-order chi connectivity index (χ0) is 25.9. The average Bonchev–Trinajstić information content (AvgIpc) is 2.67. The molecule has 0 atom stereocenters. The summed E-state index contributed by atoms with van der Waals surface area (Å²) in [5.74, 6) is -4.24. The monoisotopic (exact) mass is 506 g/mol. The van der Waals surface area contributed by atoms with Crippen LogP contribution in [0.3, 0.4) is 0 Å². The molecule has 11 heteroatoms. The van der Waals surface area contributed by atoms with Gasteiger partial charge in [0.25, 0.3) is 11.8 Å². The van der Waals surface area contributed by atoms with E-state index in [1.54, 1.807) is 6.07 Å². The van der Waals surface area contributed by atoms with Crippen molar-refractivity contribution >= 4 is 29.3 Å².